The zero-order chi connectivity index (χ0) is 15.2. The van der Waals surface area contributed by atoms with E-state index in [9.17, 15) is 9.18 Å². The number of carbonyl (C=O) groups excluding carboxylic acids is 1. The van der Waals surface area contributed by atoms with Crippen LogP contribution in [0.4, 0.5) is 10.1 Å². The number of aryl methyl sites for hydroxylation is 1. The Kier molecular flexibility index (Phi) is 4.64. The summed E-state index contributed by atoms with van der Waals surface area (Å²) in [4.78, 5) is 16.1. The van der Waals surface area contributed by atoms with Gasteiger partial charge in [-0.25, -0.2) is 9.37 Å². The summed E-state index contributed by atoms with van der Waals surface area (Å²) in [5.41, 5.74) is 7.43. The molecule has 0 atom stereocenters. The minimum atomic E-state index is -0.358. The van der Waals surface area contributed by atoms with E-state index >= 15 is 0 Å². The van der Waals surface area contributed by atoms with Gasteiger partial charge in [0.2, 0.25) is 0 Å². The van der Waals surface area contributed by atoms with Crippen LogP contribution in [0.1, 0.15) is 21.6 Å². The van der Waals surface area contributed by atoms with Gasteiger partial charge in [-0.1, -0.05) is 11.8 Å². The normalized spacial score (nSPS) is 9.67. The molecule has 1 aromatic carbocycles. The van der Waals surface area contributed by atoms with Crippen molar-refractivity contribution >= 4 is 11.6 Å². The fourth-order valence-corrected chi connectivity index (χ4v) is 1.71. The molecule has 3 N–H and O–H groups in total. The van der Waals surface area contributed by atoms with Gasteiger partial charge in [0.05, 0.1) is 6.54 Å². The van der Waals surface area contributed by atoms with Crippen LogP contribution in [0.15, 0.2) is 36.5 Å². The van der Waals surface area contributed by atoms with Crippen LogP contribution in [0, 0.1) is 24.6 Å². The molecule has 1 heterocycles. The fraction of sp³-hybridized carbons (Fsp3) is 0.125. The summed E-state index contributed by atoms with van der Waals surface area (Å²) in [5.74, 6) is 4.83. The Morgan fingerprint density at radius 3 is 2.81 bits per heavy atom. The van der Waals surface area contributed by atoms with Crippen molar-refractivity contribution in [3.63, 3.8) is 0 Å². The zero-order valence-electron chi connectivity index (χ0n) is 11.5. The predicted molar refractivity (Wildman–Crippen MR) is 79.3 cm³/mol. The molecule has 0 radical (unpaired) electrons. The second-order valence-electron chi connectivity index (χ2n) is 4.35. The monoisotopic (exact) mass is 283 g/mol. The van der Waals surface area contributed by atoms with Gasteiger partial charge >= 0.3 is 0 Å². The van der Waals surface area contributed by atoms with Gasteiger partial charge in [-0.3, -0.25) is 4.79 Å². The van der Waals surface area contributed by atoms with E-state index in [1.165, 1.54) is 24.4 Å². The summed E-state index contributed by atoms with van der Waals surface area (Å²) >= 11 is 0. The lowest BCUT2D eigenvalue weighted by atomic mass is 10.2. The van der Waals surface area contributed by atoms with Crippen molar-refractivity contribution in [1.29, 1.82) is 0 Å². The molecule has 0 saturated heterocycles. The van der Waals surface area contributed by atoms with Crippen LogP contribution < -0.4 is 11.1 Å². The van der Waals surface area contributed by atoms with Gasteiger partial charge < -0.3 is 11.1 Å². The van der Waals surface area contributed by atoms with Crippen molar-refractivity contribution in [2.24, 2.45) is 5.73 Å². The standard InChI is InChI=1S/C16H14FN3O/c1-11-9-13(17)5-7-14(11)20-16(21)15-6-4-12(10-19-15)3-2-8-18/h4-7,9-10H,8,18H2,1H3,(H,20,21). The number of hydrogen-bond acceptors (Lipinski definition) is 3. The average Bonchev–Trinajstić information content (AvgIpc) is 2.48. The van der Waals surface area contributed by atoms with Crippen LogP contribution >= 0.6 is 0 Å². The van der Waals surface area contributed by atoms with Crippen LogP contribution in [-0.4, -0.2) is 17.4 Å². The van der Waals surface area contributed by atoms with Gasteiger partial charge in [-0.15, -0.1) is 0 Å². The number of benzene rings is 1. The lowest BCUT2D eigenvalue weighted by Gasteiger charge is -2.07. The number of nitrogens with two attached hydrogens (primary N) is 1. The maximum Gasteiger partial charge on any atom is 0.274 e. The Balaban J connectivity index is 2.13. The highest BCUT2D eigenvalue weighted by Gasteiger charge is 2.09. The highest BCUT2D eigenvalue weighted by atomic mass is 19.1. The Morgan fingerprint density at radius 1 is 1.38 bits per heavy atom. The van der Waals surface area contributed by atoms with Crippen molar-refractivity contribution in [2.45, 2.75) is 6.92 Å². The smallest absolute Gasteiger partial charge is 0.274 e. The number of hydrogen-bond donors (Lipinski definition) is 2. The van der Waals surface area contributed by atoms with E-state index in [2.05, 4.69) is 22.1 Å². The number of pyridine rings is 1. The van der Waals surface area contributed by atoms with E-state index in [0.717, 1.165) is 0 Å². The lowest BCUT2D eigenvalue weighted by molar-refractivity contribution is 0.102. The molecular formula is C16H14FN3O. The Hall–Kier alpha value is -2.71. The number of anilines is 1. The lowest BCUT2D eigenvalue weighted by Crippen LogP contribution is -2.14. The number of rotatable bonds is 2. The first-order valence-electron chi connectivity index (χ1n) is 6.32. The molecule has 106 valence electrons. The summed E-state index contributed by atoms with van der Waals surface area (Å²) in [6, 6.07) is 7.44. The number of nitrogens with one attached hydrogen (secondary N) is 1. The van der Waals surface area contributed by atoms with Gasteiger partial charge in [-0.05, 0) is 42.8 Å². The van der Waals surface area contributed by atoms with E-state index in [0.29, 0.717) is 16.8 Å². The number of carbonyl (C=O) groups is 1. The molecule has 0 bridgehead atoms. The minimum Gasteiger partial charge on any atom is -0.320 e. The quantitative estimate of drug-likeness (QED) is 0.829. The van der Waals surface area contributed by atoms with Gasteiger partial charge in [0, 0.05) is 17.4 Å². The van der Waals surface area contributed by atoms with Crippen molar-refractivity contribution in [3.8, 4) is 11.8 Å². The van der Waals surface area contributed by atoms with Crippen molar-refractivity contribution in [1.82, 2.24) is 4.98 Å². The fourth-order valence-electron chi connectivity index (χ4n) is 1.71. The first kappa shape index (κ1) is 14.7. The number of halogens is 1. The van der Waals surface area contributed by atoms with Crippen LogP contribution in [0.2, 0.25) is 0 Å². The van der Waals surface area contributed by atoms with E-state index < -0.39 is 0 Å². The highest BCUT2D eigenvalue weighted by molar-refractivity contribution is 6.03. The summed E-state index contributed by atoms with van der Waals surface area (Å²) in [6.07, 6.45) is 1.51. The van der Waals surface area contributed by atoms with Crippen LogP contribution in [-0.2, 0) is 0 Å². The van der Waals surface area contributed by atoms with E-state index in [1.807, 2.05) is 0 Å². The van der Waals surface area contributed by atoms with Gasteiger partial charge in [0.25, 0.3) is 5.91 Å². The molecule has 0 saturated carbocycles. The summed E-state index contributed by atoms with van der Waals surface area (Å²) in [5, 5.41) is 2.69. The van der Waals surface area contributed by atoms with Gasteiger partial charge in [-0.2, -0.15) is 0 Å². The zero-order valence-corrected chi connectivity index (χ0v) is 11.5. The molecule has 5 heteroatoms. The maximum absolute atomic E-state index is 13.0. The highest BCUT2D eigenvalue weighted by Crippen LogP contribution is 2.16. The molecule has 0 aliphatic rings. The van der Waals surface area contributed by atoms with Crippen LogP contribution in [0.5, 0.6) is 0 Å². The maximum atomic E-state index is 13.0. The second kappa shape index (κ2) is 6.64. The minimum absolute atomic E-state index is 0.261. The number of nitrogens with zero attached hydrogens (tertiary/aromatic N) is 1. The molecular weight excluding hydrogens is 269 g/mol. The third-order valence-electron chi connectivity index (χ3n) is 2.77. The summed E-state index contributed by atoms with van der Waals surface area (Å²) in [6.45, 7) is 1.99. The molecule has 2 rings (SSSR count). The molecule has 0 aliphatic carbocycles. The second-order valence-corrected chi connectivity index (χ2v) is 4.35. The van der Waals surface area contributed by atoms with Gasteiger partial charge in [0.1, 0.15) is 11.5 Å². The first-order valence-corrected chi connectivity index (χ1v) is 6.32. The van der Waals surface area contributed by atoms with E-state index in [4.69, 9.17) is 5.73 Å². The summed E-state index contributed by atoms with van der Waals surface area (Å²) in [7, 11) is 0. The largest absolute Gasteiger partial charge is 0.320 e. The summed E-state index contributed by atoms with van der Waals surface area (Å²) < 4.78 is 13.0. The van der Waals surface area contributed by atoms with E-state index in [-0.39, 0.29) is 24.0 Å². The molecule has 0 unspecified atom stereocenters. The third-order valence-corrected chi connectivity index (χ3v) is 2.77. The Morgan fingerprint density at radius 2 is 2.19 bits per heavy atom. The van der Waals surface area contributed by atoms with Crippen molar-refractivity contribution < 1.29 is 9.18 Å². The molecule has 0 aliphatic heterocycles. The molecule has 21 heavy (non-hydrogen) atoms. The van der Waals surface area contributed by atoms with Crippen LogP contribution in [0.3, 0.4) is 0 Å². The Bertz CT molecular complexity index is 715. The first-order chi connectivity index (χ1) is 10.1. The van der Waals surface area contributed by atoms with E-state index in [1.54, 1.807) is 19.1 Å². The molecule has 4 nitrogen and oxygen atoms in total. The van der Waals surface area contributed by atoms with Crippen molar-refractivity contribution in [3.05, 3.63) is 59.2 Å². The predicted octanol–water partition coefficient (Wildman–Crippen LogP) is 2.09. The van der Waals surface area contributed by atoms with Crippen molar-refractivity contribution in [2.75, 3.05) is 11.9 Å². The van der Waals surface area contributed by atoms with Gasteiger partial charge in [0.15, 0.2) is 0 Å². The van der Waals surface area contributed by atoms with Crippen LogP contribution in [0.25, 0.3) is 0 Å². The average molecular weight is 283 g/mol. The molecule has 0 spiro atoms. The SMILES string of the molecule is Cc1cc(F)ccc1NC(=O)c1ccc(C#CCN)cn1. The Labute approximate surface area is 122 Å². The molecule has 2 aromatic rings. The molecule has 1 aromatic heterocycles. The topological polar surface area (TPSA) is 68.0 Å². The number of amides is 1. The molecule has 0 fully saturated rings. The third kappa shape index (κ3) is 3.88. The molecule has 1 amide bonds. The number of aromatic nitrogens is 1.